The van der Waals surface area contributed by atoms with Crippen molar-refractivity contribution in [1.29, 1.82) is 0 Å². The van der Waals surface area contributed by atoms with E-state index in [4.69, 9.17) is 0 Å². The second-order valence-corrected chi connectivity index (χ2v) is 5.52. The van der Waals surface area contributed by atoms with E-state index in [2.05, 4.69) is 5.32 Å². The number of hydrogen-bond donors (Lipinski definition) is 2. The molecule has 2 N–H and O–H groups in total. The molecule has 2 unspecified atom stereocenters. The van der Waals surface area contributed by atoms with Gasteiger partial charge in [0, 0.05) is 5.41 Å². The van der Waals surface area contributed by atoms with Crippen molar-refractivity contribution in [2.24, 2.45) is 11.3 Å². The molecule has 4 nitrogen and oxygen atoms in total. The van der Waals surface area contributed by atoms with Gasteiger partial charge in [0.1, 0.15) is 6.04 Å². The Bertz CT molecular complexity index is 308. The third-order valence-electron chi connectivity index (χ3n) is 4.48. The van der Waals surface area contributed by atoms with Crippen LogP contribution < -0.4 is 5.32 Å². The minimum Gasteiger partial charge on any atom is -0.480 e. The van der Waals surface area contributed by atoms with Crippen molar-refractivity contribution in [3.05, 3.63) is 0 Å². The van der Waals surface area contributed by atoms with Crippen LogP contribution in [0.25, 0.3) is 0 Å². The lowest BCUT2D eigenvalue weighted by Gasteiger charge is -2.29. The molecule has 1 amide bonds. The topological polar surface area (TPSA) is 66.4 Å². The van der Waals surface area contributed by atoms with Gasteiger partial charge in [-0.15, -0.1) is 0 Å². The van der Waals surface area contributed by atoms with Gasteiger partial charge in [-0.3, -0.25) is 4.79 Å². The van der Waals surface area contributed by atoms with Gasteiger partial charge in [0.25, 0.3) is 0 Å². The molecule has 1 rings (SSSR count). The number of aliphatic carboxylic acids is 1. The van der Waals surface area contributed by atoms with Crippen LogP contribution in [0.4, 0.5) is 0 Å². The normalized spacial score (nSPS) is 21.3. The van der Waals surface area contributed by atoms with E-state index in [1.807, 2.05) is 20.8 Å². The maximum atomic E-state index is 12.4. The minimum absolute atomic E-state index is 0.0400. The lowest BCUT2D eigenvalue weighted by molar-refractivity contribution is -0.145. The van der Waals surface area contributed by atoms with Gasteiger partial charge >= 0.3 is 5.97 Å². The van der Waals surface area contributed by atoms with Crippen molar-refractivity contribution in [3.8, 4) is 0 Å². The molecule has 0 heterocycles. The molecule has 4 heteroatoms. The van der Waals surface area contributed by atoms with E-state index < -0.39 is 12.0 Å². The Morgan fingerprint density at radius 3 is 2.22 bits per heavy atom. The molecule has 1 aliphatic rings. The van der Waals surface area contributed by atoms with E-state index in [1.54, 1.807) is 0 Å². The predicted octanol–water partition coefficient (Wildman–Crippen LogP) is 2.57. The number of carboxylic acids is 1. The fourth-order valence-corrected chi connectivity index (χ4v) is 2.77. The number of carbonyl (C=O) groups is 2. The Labute approximate surface area is 109 Å². The Morgan fingerprint density at radius 2 is 1.83 bits per heavy atom. The molecule has 0 saturated heterocycles. The average Bonchev–Trinajstić information content (AvgIpc) is 2.84. The largest absolute Gasteiger partial charge is 0.480 e. The molecule has 104 valence electrons. The lowest BCUT2D eigenvalue weighted by atomic mass is 9.82. The van der Waals surface area contributed by atoms with Crippen LogP contribution in [0.15, 0.2) is 0 Å². The van der Waals surface area contributed by atoms with E-state index in [9.17, 15) is 14.7 Å². The second-order valence-electron chi connectivity index (χ2n) is 5.52. The van der Waals surface area contributed by atoms with Crippen LogP contribution in [0.3, 0.4) is 0 Å². The zero-order valence-electron chi connectivity index (χ0n) is 11.7. The van der Waals surface area contributed by atoms with Crippen molar-refractivity contribution in [2.45, 2.75) is 65.3 Å². The molecular weight excluding hydrogens is 230 g/mol. The average molecular weight is 255 g/mol. The minimum atomic E-state index is -0.929. The van der Waals surface area contributed by atoms with E-state index in [-0.39, 0.29) is 17.2 Å². The van der Waals surface area contributed by atoms with Crippen molar-refractivity contribution >= 4 is 11.9 Å². The molecule has 0 aromatic rings. The molecule has 0 aliphatic heterocycles. The second kappa shape index (κ2) is 6.21. The van der Waals surface area contributed by atoms with Gasteiger partial charge in [-0.25, -0.2) is 4.79 Å². The Hall–Kier alpha value is -1.06. The van der Waals surface area contributed by atoms with Gasteiger partial charge in [-0.2, -0.15) is 0 Å². The van der Waals surface area contributed by atoms with Crippen molar-refractivity contribution < 1.29 is 14.7 Å². The highest BCUT2D eigenvalue weighted by atomic mass is 16.4. The fourth-order valence-electron chi connectivity index (χ4n) is 2.77. The summed E-state index contributed by atoms with van der Waals surface area (Å²) in [5.74, 6) is -1.03. The third kappa shape index (κ3) is 3.03. The Morgan fingerprint density at radius 1 is 1.28 bits per heavy atom. The molecule has 0 bridgehead atoms. The molecule has 0 aromatic carbocycles. The number of carboxylic acid groups (broad SMARTS) is 1. The highest BCUT2D eigenvalue weighted by molar-refractivity contribution is 5.87. The molecule has 0 spiro atoms. The smallest absolute Gasteiger partial charge is 0.326 e. The summed E-state index contributed by atoms with van der Waals surface area (Å²) in [5.41, 5.74) is -0.318. The first kappa shape index (κ1) is 15.0. The first-order chi connectivity index (χ1) is 8.46. The maximum Gasteiger partial charge on any atom is 0.326 e. The quantitative estimate of drug-likeness (QED) is 0.766. The summed E-state index contributed by atoms with van der Waals surface area (Å²) in [6.45, 7) is 5.83. The van der Waals surface area contributed by atoms with Crippen LogP contribution in [-0.2, 0) is 9.59 Å². The number of carbonyl (C=O) groups excluding carboxylic acids is 1. The third-order valence-corrected chi connectivity index (χ3v) is 4.48. The summed E-state index contributed by atoms with van der Waals surface area (Å²) in [6.07, 6.45) is 5.47. The van der Waals surface area contributed by atoms with Gasteiger partial charge in [-0.1, -0.05) is 40.0 Å². The molecule has 0 aromatic heterocycles. The Kier molecular flexibility index (Phi) is 5.17. The summed E-state index contributed by atoms with van der Waals surface area (Å²) < 4.78 is 0. The van der Waals surface area contributed by atoms with Crippen LogP contribution in [-0.4, -0.2) is 23.0 Å². The molecule has 1 aliphatic carbocycles. The standard InChI is InChI=1S/C14H25NO3/c1-4-10(3)11(12(16)17)15-13(18)14(5-2)8-6-7-9-14/h10-11H,4-9H2,1-3H3,(H,15,18)(H,16,17). The van der Waals surface area contributed by atoms with Crippen LogP contribution in [0.1, 0.15) is 59.3 Å². The molecule has 1 fully saturated rings. The zero-order chi connectivity index (χ0) is 13.8. The number of hydrogen-bond acceptors (Lipinski definition) is 2. The number of rotatable bonds is 6. The fraction of sp³-hybridized carbons (Fsp3) is 0.857. The van der Waals surface area contributed by atoms with Crippen molar-refractivity contribution in [1.82, 2.24) is 5.32 Å². The van der Waals surface area contributed by atoms with E-state index >= 15 is 0 Å². The van der Waals surface area contributed by atoms with Crippen molar-refractivity contribution in [3.63, 3.8) is 0 Å². The number of nitrogens with one attached hydrogen (secondary N) is 1. The SMILES string of the molecule is CCC(C)C(NC(=O)C1(CC)CCCC1)C(=O)O. The van der Waals surface area contributed by atoms with Crippen LogP contribution in [0.5, 0.6) is 0 Å². The summed E-state index contributed by atoms with van der Waals surface area (Å²) in [6, 6.07) is -0.758. The van der Waals surface area contributed by atoms with Gasteiger partial charge in [0.15, 0.2) is 0 Å². The van der Waals surface area contributed by atoms with Gasteiger partial charge in [0.05, 0.1) is 0 Å². The van der Waals surface area contributed by atoms with E-state index in [0.29, 0.717) is 0 Å². The first-order valence-corrected chi connectivity index (χ1v) is 7.00. The molecular formula is C14H25NO3. The summed E-state index contributed by atoms with van der Waals surface area (Å²) in [4.78, 5) is 23.6. The Balaban J connectivity index is 2.74. The van der Waals surface area contributed by atoms with Crippen LogP contribution in [0, 0.1) is 11.3 Å². The predicted molar refractivity (Wildman–Crippen MR) is 70.2 cm³/mol. The lowest BCUT2D eigenvalue weighted by Crippen LogP contribution is -2.50. The summed E-state index contributed by atoms with van der Waals surface area (Å²) >= 11 is 0. The van der Waals surface area contributed by atoms with Gasteiger partial charge in [0.2, 0.25) is 5.91 Å². The molecule has 0 radical (unpaired) electrons. The van der Waals surface area contributed by atoms with Crippen LogP contribution >= 0.6 is 0 Å². The van der Waals surface area contributed by atoms with Crippen molar-refractivity contribution in [2.75, 3.05) is 0 Å². The molecule has 18 heavy (non-hydrogen) atoms. The van der Waals surface area contributed by atoms with E-state index in [0.717, 1.165) is 38.5 Å². The van der Waals surface area contributed by atoms with Gasteiger partial charge < -0.3 is 10.4 Å². The summed E-state index contributed by atoms with van der Waals surface area (Å²) in [7, 11) is 0. The molecule has 1 saturated carbocycles. The van der Waals surface area contributed by atoms with E-state index in [1.165, 1.54) is 0 Å². The summed E-state index contributed by atoms with van der Waals surface area (Å²) in [5, 5.41) is 12.0. The zero-order valence-corrected chi connectivity index (χ0v) is 11.7. The first-order valence-electron chi connectivity index (χ1n) is 7.00. The van der Waals surface area contributed by atoms with Crippen LogP contribution in [0.2, 0.25) is 0 Å². The monoisotopic (exact) mass is 255 g/mol. The number of amides is 1. The highest BCUT2D eigenvalue weighted by Gasteiger charge is 2.41. The maximum absolute atomic E-state index is 12.4. The highest BCUT2D eigenvalue weighted by Crippen LogP contribution is 2.41. The molecule has 2 atom stereocenters. The van der Waals surface area contributed by atoms with Gasteiger partial charge in [-0.05, 0) is 25.2 Å².